The lowest BCUT2D eigenvalue weighted by Gasteiger charge is -2.35. The van der Waals surface area contributed by atoms with E-state index in [1.807, 2.05) is 13.8 Å². The van der Waals surface area contributed by atoms with Gasteiger partial charge in [-0.2, -0.15) is 0 Å². The summed E-state index contributed by atoms with van der Waals surface area (Å²) < 4.78 is 5.31. The molecule has 0 spiro atoms. The predicted molar refractivity (Wildman–Crippen MR) is 130 cm³/mol. The Labute approximate surface area is 206 Å². The maximum Gasteiger partial charge on any atom is 0.408 e. The van der Waals surface area contributed by atoms with Crippen molar-refractivity contribution in [2.45, 2.75) is 97.0 Å². The highest BCUT2D eigenvalue weighted by Gasteiger charge is 2.44. The Morgan fingerprint density at radius 1 is 1.17 bits per heavy atom. The number of amides is 4. The summed E-state index contributed by atoms with van der Waals surface area (Å²) in [7, 11) is 0. The third-order valence-electron chi connectivity index (χ3n) is 5.36. The largest absolute Gasteiger partial charge is 0.508 e. The van der Waals surface area contributed by atoms with Crippen LogP contribution in [0.4, 0.5) is 4.79 Å². The summed E-state index contributed by atoms with van der Waals surface area (Å²) in [6.45, 7) is 10.4. The quantitative estimate of drug-likeness (QED) is 0.395. The highest BCUT2D eigenvalue weighted by Crippen LogP contribution is 2.37. The van der Waals surface area contributed by atoms with Crippen molar-refractivity contribution in [3.05, 3.63) is 29.3 Å². The van der Waals surface area contributed by atoms with E-state index in [2.05, 4.69) is 10.6 Å². The maximum absolute atomic E-state index is 13.9. The van der Waals surface area contributed by atoms with Crippen molar-refractivity contribution >= 4 is 23.8 Å². The SMILES string of the molecule is Cc1cc(C(C(=O)NC(C)C)N(C(=O)C(CCC(N)=O)NC(=O)OC(C)(C)C)C2CC2)ccc1O. The van der Waals surface area contributed by atoms with Crippen LogP contribution in [0.25, 0.3) is 0 Å². The fourth-order valence-electron chi connectivity index (χ4n) is 3.69. The molecule has 1 fully saturated rings. The number of phenolic OH excluding ortho intramolecular Hbond substituents is 1. The third-order valence-corrected chi connectivity index (χ3v) is 5.36. The molecule has 10 nitrogen and oxygen atoms in total. The number of aromatic hydroxyl groups is 1. The molecule has 2 atom stereocenters. The summed E-state index contributed by atoms with van der Waals surface area (Å²) in [5.41, 5.74) is 5.61. The molecule has 5 N–H and O–H groups in total. The van der Waals surface area contributed by atoms with Crippen molar-refractivity contribution in [3.8, 4) is 5.75 Å². The molecule has 4 amide bonds. The molecule has 1 aliphatic rings. The first-order valence-electron chi connectivity index (χ1n) is 11.9. The number of ether oxygens (including phenoxy) is 1. The summed E-state index contributed by atoms with van der Waals surface area (Å²) in [5.74, 6) is -1.42. The molecule has 1 aromatic rings. The number of hydrogen-bond acceptors (Lipinski definition) is 6. The van der Waals surface area contributed by atoms with E-state index in [9.17, 15) is 24.3 Å². The van der Waals surface area contributed by atoms with Gasteiger partial charge in [-0.1, -0.05) is 6.07 Å². The number of alkyl carbamates (subject to hydrolysis) is 1. The topological polar surface area (TPSA) is 151 Å². The fourth-order valence-corrected chi connectivity index (χ4v) is 3.69. The van der Waals surface area contributed by atoms with E-state index < -0.39 is 35.6 Å². The lowest BCUT2D eigenvalue weighted by atomic mass is 9.99. The van der Waals surface area contributed by atoms with Crippen molar-refractivity contribution in [2.75, 3.05) is 0 Å². The number of hydrogen-bond donors (Lipinski definition) is 4. The van der Waals surface area contributed by atoms with E-state index >= 15 is 0 Å². The van der Waals surface area contributed by atoms with E-state index in [1.54, 1.807) is 39.8 Å². The first-order valence-corrected chi connectivity index (χ1v) is 11.9. The fraction of sp³-hybridized carbons (Fsp3) is 0.600. The third kappa shape index (κ3) is 8.45. The van der Waals surface area contributed by atoms with Gasteiger partial charge in [0.15, 0.2) is 0 Å². The molecule has 0 aliphatic heterocycles. The average Bonchev–Trinajstić information content (AvgIpc) is 3.53. The van der Waals surface area contributed by atoms with Crippen LogP contribution in [0.3, 0.4) is 0 Å². The van der Waals surface area contributed by atoms with Crippen molar-refractivity contribution in [1.29, 1.82) is 0 Å². The van der Waals surface area contributed by atoms with Crippen LogP contribution in [0.1, 0.15) is 77.5 Å². The number of rotatable bonds is 10. The number of phenols is 1. The minimum atomic E-state index is -1.12. The molecule has 0 radical (unpaired) electrons. The van der Waals surface area contributed by atoms with Crippen molar-refractivity contribution < 1.29 is 29.0 Å². The molecule has 0 saturated heterocycles. The second-order valence-corrected chi connectivity index (χ2v) is 10.3. The zero-order valence-corrected chi connectivity index (χ0v) is 21.4. The Kier molecular flexibility index (Phi) is 9.12. The molecule has 2 rings (SSSR count). The Morgan fingerprint density at radius 3 is 2.29 bits per heavy atom. The van der Waals surface area contributed by atoms with Gasteiger partial charge < -0.3 is 31.1 Å². The van der Waals surface area contributed by atoms with E-state index in [4.69, 9.17) is 10.5 Å². The predicted octanol–water partition coefficient (Wildman–Crippen LogP) is 2.42. The van der Waals surface area contributed by atoms with Crippen LogP contribution in [0, 0.1) is 6.92 Å². The molecule has 0 heterocycles. The number of carbonyl (C=O) groups is 4. The molecule has 1 aromatic carbocycles. The molecule has 1 aliphatic carbocycles. The zero-order valence-electron chi connectivity index (χ0n) is 21.4. The van der Waals surface area contributed by atoms with E-state index in [-0.39, 0.29) is 36.6 Å². The number of benzene rings is 1. The smallest absolute Gasteiger partial charge is 0.408 e. The minimum Gasteiger partial charge on any atom is -0.508 e. The second-order valence-electron chi connectivity index (χ2n) is 10.3. The van der Waals surface area contributed by atoms with Gasteiger partial charge in [0, 0.05) is 18.5 Å². The van der Waals surface area contributed by atoms with Crippen LogP contribution < -0.4 is 16.4 Å². The van der Waals surface area contributed by atoms with Gasteiger partial charge in [0.2, 0.25) is 17.7 Å². The lowest BCUT2D eigenvalue weighted by molar-refractivity contribution is -0.143. The van der Waals surface area contributed by atoms with Gasteiger partial charge >= 0.3 is 6.09 Å². The van der Waals surface area contributed by atoms with Crippen molar-refractivity contribution in [3.63, 3.8) is 0 Å². The van der Waals surface area contributed by atoms with Crippen LogP contribution in [0.2, 0.25) is 0 Å². The van der Waals surface area contributed by atoms with Crippen molar-refractivity contribution in [2.24, 2.45) is 5.73 Å². The van der Waals surface area contributed by atoms with Crippen LogP contribution >= 0.6 is 0 Å². The highest BCUT2D eigenvalue weighted by atomic mass is 16.6. The zero-order chi connectivity index (χ0) is 26.5. The maximum atomic E-state index is 13.9. The molecular weight excluding hydrogens is 452 g/mol. The van der Waals surface area contributed by atoms with Gasteiger partial charge in [0.25, 0.3) is 0 Å². The number of carbonyl (C=O) groups excluding carboxylic acids is 4. The van der Waals surface area contributed by atoms with E-state index in [1.165, 1.54) is 11.0 Å². The summed E-state index contributed by atoms with van der Waals surface area (Å²) in [6.07, 6.45) is 0.419. The molecule has 194 valence electrons. The van der Waals surface area contributed by atoms with Gasteiger partial charge in [-0.15, -0.1) is 0 Å². The van der Waals surface area contributed by atoms with Gasteiger partial charge in [-0.25, -0.2) is 4.79 Å². The number of aryl methyl sites for hydroxylation is 1. The normalized spacial score (nSPS) is 15.2. The summed E-state index contributed by atoms with van der Waals surface area (Å²) in [6, 6.07) is 2.26. The van der Waals surface area contributed by atoms with Gasteiger partial charge in [-0.3, -0.25) is 14.4 Å². The van der Waals surface area contributed by atoms with Crippen LogP contribution in [0.15, 0.2) is 18.2 Å². The summed E-state index contributed by atoms with van der Waals surface area (Å²) in [4.78, 5) is 52.7. The average molecular weight is 491 g/mol. The molecule has 35 heavy (non-hydrogen) atoms. The first kappa shape index (κ1) is 27.9. The van der Waals surface area contributed by atoms with Crippen LogP contribution in [-0.2, 0) is 19.1 Å². The van der Waals surface area contributed by atoms with Crippen LogP contribution in [-0.4, -0.2) is 57.5 Å². The molecule has 0 bridgehead atoms. The Balaban J connectivity index is 2.47. The van der Waals surface area contributed by atoms with Crippen molar-refractivity contribution in [1.82, 2.24) is 15.5 Å². The molecule has 1 saturated carbocycles. The first-order chi connectivity index (χ1) is 16.2. The van der Waals surface area contributed by atoms with Gasteiger partial charge in [-0.05, 0) is 84.1 Å². The van der Waals surface area contributed by atoms with Crippen LogP contribution in [0.5, 0.6) is 5.75 Å². The Bertz CT molecular complexity index is 952. The molecule has 2 unspecified atom stereocenters. The second kappa shape index (κ2) is 11.4. The number of nitrogens with one attached hydrogen (secondary N) is 2. The monoisotopic (exact) mass is 490 g/mol. The van der Waals surface area contributed by atoms with E-state index in [0.717, 1.165) is 0 Å². The standard InChI is InChI=1S/C25H38N4O6/c1-14(2)27-22(32)21(16-7-11-19(30)15(3)13-16)29(17-8-9-17)23(33)18(10-12-20(26)31)28-24(34)35-25(4,5)6/h7,11,13-14,17-18,21,30H,8-10,12H2,1-6H3,(H2,26,31)(H,27,32)(H,28,34). The Morgan fingerprint density at radius 2 is 1.80 bits per heavy atom. The molecule has 0 aromatic heterocycles. The van der Waals surface area contributed by atoms with E-state index in [0.29, 0.717) is 24.0 Å². The number of nitrogens with two attached hydrogens (primary N) is 1. The minimum absolute atomic E-state index is 0.0379. The number of nitrogens with zero attached hydrogens (tertiary/aromatic N) is 1. The summed E-state index contributed by atoms with van der Waals surface area (Å²) >= 11 is 0. The lowest BCUT2D eigenvalue weighted by Crippen LogP contribution is -2.54. The highest BCUT2D eigenvalue weighted by molar-refractivity contribution is 5.93. The van der Waals surface area contributed by atoms with Gasteiger partial charge in [0.1, 0.15) is 23.4 Å². The molecule has 10 heteroatoms. The summed E-state index contributed by atoms with van der Waals surface area (Å²) in [5, 5.41) is 15.4. The Hall–Kier alpha value is -3.30. The number of primary amides is 1. The molecular formula is C25H38N4O6. The van der Waals surface area contributed by atoms with Gasteiger partial charge in [0.05, 0.1) is 0 Å².